The summed E-state index contributed by atoms with van der Waals surface area (Å²) in [5.74, 6) is -0.612. The number of nitrogens with one attached hydrogen (secondary N) is 1. The Bertz CT molecular complexity index is 480. The summed E-state index contributed by atoms with van der Waals surface area (Å²) in [7, 11) is -1.89. The Morgan fingerprint density at radius 2 is 1.60 bits per heavy atom. The fourth-order valence-electron chi connectivity index (χ4n) is 2.17. The number of rotatable bonds is 9. The van der Waals surface area contributed by atoms with Gasteiger partial charge in [-0.25, -0.2) is 4.79 Å². The molecule has 0 bridgehead atoms. The van der Waals surface area contributed by atoms with Crippen LogP contribution in [-0.2, 0) is 23.1 Å². The number of ether oxygens (including phenoxy) is 1. The van der Waals surface area contributed by atoms with Crippen molar-refractivity contribution in [3.63, 3.8) is 0 Å². The van der Waals surface area contributed by atoms with Crippen molar-refractivity contribution < 1.29 is 27.9 Å². The lowest BCUT2D eigenvalue weighted by molar-refractivity contribution is -0.127. The maximum atomic E-state index is 12.6. The molecule has 0 aliphatic rings. The van der Waals surface area contributed by atoms with Crippen molar-refractivity contribution in [1.29, 1.82) is 0 Å². The van der Waals surface area contributed by atoms with Crippen molar-refractivity contribution in [1.82, 2.24) is 10.2 Å². The van der Waals surface area contributed by atoms with Gasteiger partial charge in [-0.15, -0.1) is 0 Å². The zero-order valence-electron chi connectivity index (χ0n) is 16.6. The molecule has 25 heavy (non-hydrogen) atoms. The third-order valence-corrected chi connectivity index (χ3v) is 4.95. The zero-order chi connectivity index (χ0) is 19.8. The summed E-state index contributed by atoms with van der Waals surface area (Å²) in [5.41, 5.74) is -0.664. The summed E-state index contributed by atoms with van der Waals surface area (Å²) in [6, 6.07) is -0.772. The number of carbonyl (C=O) groups excluding carboxylic acids is 2. The van der Waals surface area contributed by atoms with E-state index in [-0.39, 0.29) is 25.4 Å². The molecule has 0 unspecified atom stereocenters. The molecule has 0 heterocycles. The molecule has 0 aromatic rings. The smallest absolute Gasteiger partial charge is 0.410 e. The van der Waals surface area contributed by atoms with Crippen LogP contribution < -0.4 is 5.32 Å². The first-order valence-electron chi connectivity index (χ1n) is 8.48. The minimum absolute atomic E-state index is 0.170. The number of hydrogen-bond donors (Lipinski definition) is 1. The van der Waals surface area contributed by atoms with Crippen LogP contribution in [0.4, 0.5) is 4.79 Å². The van der Waals surface area contributed by atoms with Crippen LogP contribution in [0.5, 0.6) is 0 Å². The van der Waals surface area contributed by atoms with Crippen molar-refractivity contribution in [2.45, 2.75) is 60.1 Å². The zero-order valence-corrected chi connectivity index (χ0v) is 17.5. The van der Waals surface area contributed by atoms with Crippen LogP contribution in [0.2, 0.25) is 0 Å². The van der Waals surface area contributed by atoms with Gasteiger partial charge in [0.05, 0.1) is 13.2 Å². The van der Waals surface area contributed by atoms with Crippen LogP contribution in [0, 0.1) is 5.92 Å². The van der Waals surface area contributed by atoms with Gasteiger partial charge in [0.2, 0.25) is 5.91 Å². The lowest BCUT2D eigenvalue weighted by atomic mass is 10.0. The van der Waals surface area contributed by atoms with Crippen molar-refractivity contribution >= 4 is 19.6 Å². The van der Waals surface area contributed by atoms with E-state index in [1.807, 2.05) is 13.8 Å². The van der Waals surface area contributed by atoms with E-state index in [2.05, 4.69) is 5.32 Å². The molecular formula is C16H33N2O6P. The van der Waals surface area contributed by atoms with Crippen LogP contribution in [0.25, 0.3) is 0 Å². The van der Waals surface area contributed by atoms with E-state index in [9.17, 15) is 14.2 Å². The van der Waals surface area contributed by atoms with Gasteiger partial charge >= 0.3 is 13.7 Å². The van der Waals surface area contributed by atoms with Crippen LogP contribution in [0.15, 0.2) is 0 Å². The highest BCUT2D eigenvalue weighted by molar-refractivity contribution is 7.53. The van der Waals surface area contributed by atoms with E-state index >= 15 is 0 Å². The molecule has 9 heteroatoms. The van der Waals surface area contributed by atoms with Crippen molar-refractivity contribution in [2.24, 2.45) is 5.92 Å². The first-order chi connectivity index (χ1) is 11.4. The molecule has 0 aromatic carbocycles. The maximum absolute atomic E-state index is 12.6. The molecule has 148 valence electrons. The van der Waals surface area contributed by atoms with Gasteiger partial charge in [-0.1, -0.05) is 13.8 Å². The Labute approximate surface area is 151 Å². The van der Waals surface area contributed by atoms with Crippen molar-refractivity contribution in [2.75, 3.05) is 26.5 Å². The summed E-state index contributed by atoms with van der Waals surface area (Å²) in [4.78, 5) is 26.0. The Kier molecular flexibility index (Phi) is 9.69. The highest BCUT2D eigenvalue weighted by atomic mass is 31.2. The molecule has 0 fully saturated rings. The van der Waals surface area contributed by atoms with Gasteiger partial charge in [-0.05, 0) is 40.5 Å². The summed E-state index contributed by atoms with van der Waals surface area (Å²) in [6.45, 7) is 12.7. The standard InChI is InChI=1S/C16H33N2O6P/c1-9-22-25(21,23-10-2)11-17-14(19)13(12(3)4)18(8)15(20)24-16(5,6)7/h12-13H,9-11H2,1-8H3,(H,17,19)/t13-/m1/s1. The molecule has 0 aliphatic carbocycles. The molecule has 0 spiro atoms. The molecule has 0 rings (SSSR count). The van der Waals surface area contributed by atoms with E-state index in [1.165, 1.54) is 11.9 Å². The molecular weight excluding hydrogens is 347 g/mol. The number of nitrogens with zero attached hydrogens (tertiary/aromatic N) is 1. The maximum Gasteiger partial charge on any atom is 0.410 e. The summed E-state index contributed by atoms with van der Waals surface area (Å²) in [6.07, 6.45) is -0.849. The van der Waals surface area contributed by atoms with Gasteiger partial charge in [0.25, 0.3) is 0 Å². The van der Waals surface area contributed by atoms with Crippen LogP contribution in [0.1, 0.15) is 48.5 Å². The Morgan fingerprint density at radius 3 is 1.96 bits per heavy atom. The fraction of sp³-hybridized carbons (Fsp3) is 0.875. The minimum Gasteiger partial charge on any atom is -0.444 e. The lowest BCUT2D eigenvalue weighted by Crippen LogP contribution is -2.51. The molecule has 0 radical (unpaired) electrons. The van der Waals surface area contributed by atoms with Crippen molar-refractivity contribution in [3.05, 3.63) is 0 Å². The molecule has 0 aliphatic heterocycles. The minimum atomic E-state index is -3.40. The molecule has 1 N–H and O–H groups in total. The first kappa shape index (κ1) is 23.9. The highest BCUT2D eigenvalue weighted by Crippen LogP contribution is 2.46. The second-order valence-electron chi connectivity index (χ2n) is 6.93. The molecule has 8 nitrogen and oxygen atoms in total. The summed E-state index contributed by atoms with van der Waals surface area (Å²) < 4.78 is 28.0. The third-order valence-electron chi connectivity index (χ3n) is 3.10. The normalized spacial score (nSPS) is 13.5. The average molecular weight is 380 g/mol. The second kappa shape index (κ2) is 10.1. The molecule has 0 saturated heterocycles. The Balaban J connectivity index is 5.06. The summed E-state index contributed by atoms with van der Waals surface area (Å²) in [5, 5.41) is 2.57. The lowest BCUT2D eigenvalue weighted by Gasteiger charge is -2.32. The van der Waals surface area contributed by atoms with E-state index < -0.39 is 31.2 Å². The number of hydrogen-bond acceptors (Lipinski definition) is 6. The quantitative estimate of drug-likeness (QED) is 0.617. The van der Waals surface area contributed by atoms with Gasteiger partial charge in [-0.3, -0.25) is 14.3 Å². The van der Waals surface area contributed by atoms with E-state index in [4.69, 9.17) is 13.8 Å². The molecule has 2 amide bonds. The third kappa shape index (κ3) is 8.70. The topological polar surface area (TPSA) is 94.2 Å². The van der Waals surface area contributed by atoms with E-state index in [1.54, 1.807) is 34.6 Å². The summed E-state index contributed by atoms with van der Waals surface area (Å²) >= 11 is 0. The van der Waals surface area contributed by atoms with Gasteiger partial charge in [0.15, 0.2) is 0 Å². The second-order valence-corrected chi connectivity index (χ2v) is 8.98. The number of carbonyl (C=O) groups is 2. The van der Waals surface area contributed by atoms with Crippen LogP contribution >= 0.6 is 7.60 Å². The van der Waals surface area contributed by atoms with E-state index in [0.717, 1.165) is 0 Å². The van der Waals surface area contributed by atoms with Crippen LogP contribution in [0.3, 0.4) is 0 Å². The Morgan fingerprint density at radius 1 is 1.12 bits per heavy atom. The van der Waals surface area contributed by atoms with Gasteiger partial charge in [0.1, 0.15) is 17.9 Å². The Hall–Kier alpha value is -1.11. The monoisotopic (exact) mass is 380 g/mol. The fourth-order valence-corrected chi connectivity index (χ4v) is 3.57. The number of amides is 2. The first-order valence-corrected chi connectivity index (χ1v) is 10.2. The molecule has 0 saturated carbocycles. The van der Waals surface area contributed by atoms with Gasteiger partial charge < -0.3 is 19.1 Å². The molecule has 0 aromatic heterocycles. The average Bonchev–Trinajstić information content (AvgIpc) is 2.43. The van der Waals surface area contributed by atoms with E-state index in [0.29, 0.717) is 0 Å². The van der Waals surface area contributed by atoms with Gasteiger partial charge in [-0.2, -0.15) is 0 Å². The number of likely N-dealkylation sites (N-methyl/N-ethyl adjacent to an activating group) is 1. The highest BCUT2D eigenvalue weighted by Gasteiger charge is 2.34. The predicted molar refractivity (Wildman–Crippen MR) is 96.5 cm³/mol. The molecule has 1 atom stereocenters. The van der Waals surface area contributed by atoms with Crippen molar-refractivity contribution in [3.8, 4) is 0 Å². The largest absolute Gasteiger partial charge is 0.444 e. The predicted octanol–water partition coefficient (Wildman–Crippen LogP) is 3.22. The SMILES string of the molecule is CCOP(=O)(CNC(=O)[C@@H](C(C)C)N(C)C(=O)OC(C)(C)C)OCC. The van der Waals surface area contributed by atoms with Crippen LogP contribution in [-0.4, -0.2) is 55.1 Å². The van der Waals surface area contributed by atoms with Gasteiger partial charge in [0, 0.05) is 7.05 Å².